The lowest BCUT2D eigenvalue weighted by Crippen LogP contribution is -2.43. The van der Waals surface area contributed by atoms with E-state index in [-0.39, 0.29) is 24.2 Å². The lowest BCUT2D eigenvalue weighted by molar-refractivity contribution is -0.390. The first kappa shape index (κ1) is 16.2. The molecular weight excluding hydrogens is 316 g/mol. The zero-order chi connectivity index (χ0) is 17.3. The summed E-state index contributed by atoms with van der Waals surface area (Å²) < 4.78 is 11.7. The molecule has 1 unspecified atom stereocenters. The summed E-state index contributed by atoms with van der Waals surface area (Å²) in [6, 6.07) is 3.64. The molecule has 1 saturated heterocycles. The molecule has 0 aliphatic carbocycles. The van der Waals surface area contributed by atoms with Gasteiger partial charge < -0.3 is 24.5 Å². The van der Waals surface area contributed by atoms with Crippen molar-refractivity contribution in [2.75, 3.05) is 31.3 Å². The van der Waals surface area contributed by atoms with Crippen molar-refractivity contribution in [1.82, 2.24) is 9.38 Å². The van der Waals surface area contributed by atoms with Crippen LogP contribution in [0, 0.1) is 10.1 Å². The maximum absolute atomic E-state index is 12.1. The molecule has 0 amide bonds. The highest BCUT2D eigenvalue weighted by molar-refractivity contribution is 5.93. The Balaban J connectivity index is 2.18. The van der Waals surface area contributed by atoms with Crippen molar-refractivity contribution >= 4 is 23.1 Å². The number of nitro groups is 1. The van der Waals surface area contributed by atoms with Gasteiger partial charge in [-0.15, -0.1) is 0 Å². The van der Waals surface area contributed by atoms with Gasteiger partial charge in [-0.1, -0.05) is 0 Å². The zero-order valence-electron chi connectivity index (χ0n) is 13.5. The minimum absolute atomic E-state index is 0.103. The maximum Gasteiger partial charge on any atom is 0.365 e. The molecule has 1 fully saturated rings. The molecule has 9 heteroatoms. The van der Waals surface area contributed by atoms with E-state index in [1.165, 1.54) is 10.6 Å². The van der Waals surface area contributed by atoms with Gasteiger partial charge in [0.1, 0.15) is 5.69 Å². The van der Waals surface area contributed by atoms with E-state index in [1.807, 2.05) is 13.0 Å². The molecule has 0 aromatic carbocycles. The molecule has 2 aromatic rings. The van der Waals surface area contributed by atoms with Crippen molar-refractivity contribution in [3.05, 3.63) is 34.1 Å². The van der Waals surface area contributed by atoms with Gasteiger partial charge in [-0.3, -0.25) is 0 Å². The van der Waals surface area contributed by atoms with E-state index in [9.17, 15) is 14.9 Å². The van der Waals surface area contributed by atoms with Crippen LogP contribution in [-0.4, -0.2) is 52.7 Å². The summed E-state index contributed by atoms with van der Waals surface area (Å²) in [7, 11) is 0. The number of anilines is 1. The van der Waals surface area contributed by atoms with Gasteiger partial charge in [0.05, 0.1) is 26.0 Å². The topological polar surface area (TPSA) is 99.2 Å². The molecule has 0 N–H and O–H groups in total. The molecular formula is C15H18N4O5. The minimum atomic E-state index is -0.797. The fourth-order valence-electron chi connectivity index (χ4n) is 2.86. The number of fused-ring (bicyclic) bond motifs is 1. The minimum Gasteiger partial charge on any atom is -0.461 e. The van der Waals surface area contributed by atoms with E-state index < -0.39 is 10.9 Å². The lowest BCUT2D eigenvalue weighted by Gasteiger charge is -2.34. The highest BCUT2D eigenvalue weighted by Gasteiger charge is 2.32. The first-order valence-corrected chi connectivity index (χ1v) is 7.71. The Bertz CT molecular complexity index is 788. The number of esters is 1. The monoisotopic (exact) mass is 334 g/mol. The van der Waals surface area contributed by atoms with Crippen LogP contribution in [0.25, 0.3) is 5.65 Å². The van der Waals surface area contributed by atoms with Gasteiger partial charge in [0.2, 0.25) is 5.69 Å². The molecule has 1 aliphatic rings. The van der Waals surface area contributed by atoms with Crippen molar-refractivity contribution in [3.8, 4) is 0 Å². The van der Waals surface area contributed by atoms with Crippen LogP contribution in [0.4, 0.5) is 11.5 Å². The number of carbonyl (C=O) groups excluding carboxylic acids is 1. The second kappa shape index (κ2) is 6.44. The van der Waals surface area contributed by atoms with Crippen LogP contribution < -0.4 is 4.90 Å². The second-order valence-electron chi connectivity index (χ2n) is 5.47. The van der Waals surface area contributed by atoms with Gasteiger partial charge in [-0.2, -0.15) is 9.38 Å². The summed E-state index contributed by atoms with van der Waals surface area (Å²) in [5.41, 5.74) is 0.808. The third-order valence-corrected chi connectivity index (χ3v) is 3.92. The van der Waals surface area contributed by atoms with Crippen molar-refractivity contribution in [2.24, 2.45) is 0 Å². The SMILES string of the molecule is CCOC(=O)c1nc2c(N3CCOCC3C)cccn2c1[N+](=O)[O-]. The third-order valence-electron chi connectivity index (χ3n) is 3.92. The third kappa shape index (κ3) is 2.67. The molecule has 0 radical (unpaired) electrons. The zero-order valence-corrected chi connectivity index (χ0v) is 13.5. The fraction of sp³-hybridized carbons (Fsp3) is 0.467. The number of pyridine rings is 1. The summed E-state index contributed by atoms with van der Waals surface area (Å²) >= 11 is 0. The Labute approximate surface area is 137 Å². The predicted octanol–water partition coefficient (Wildman–Crippen LogP) is 1.64. The standard InChI is InChI=1S/C15H18N4O5/c1-3-24-15(20)12-14(19(21)22)18-6-4-5-11(13(18)16-12)17-7-8-23-9-10(17)2/h4-6,10H,3,7-9H2,1-2H3. The Hall–Kier alpha value is -2.68. The van der Waals surface area contributed by atoms with Gasteiger partial charge in [-0.25, -0.2) is 4.79 Å². The number of ether oxygens (including phenoxy) is 2. The Morgan fingerprint density at radius 1 is 1.58 bits per heavy atom. The van der Waals surface area contributed by atoms with Crippen LogP contribution in [0.5, 0.6) is 0 Å². The lowest BCUT2D eigenvalue weighted by atomic mass is 10.2. The van der Waals surface area contributed by atoms with E-state index >= 15 is 0 Å². The smallest absolute Gasteiger partial charge is 0.365 e. The Morgan fingerprint density at radius 3 is 3.04 bits per heavy atom. The van der Waals surface area contributed by atoms with Crippen molar-refractivity contribution < 1.29 is 19.2 Å². The van der Waals surface area contributed by atoms with Crippen LogP contribution in [0.3, 0.4) is 0 Å². The molecule has 3 heterocycles. The molecule has 128 valence electrons. The first-order valence-electron chi connectivity index (χ1n) is 7.71. The average Bonchev–Trinajstić information content (AvgIpc) is 2.95. The van der Waals surface area contributed by atoms with Gasteiger partial charge in [-0.05, 0) is 30.9 Å². The number of hydrogen-bond acceptors (Lipinski definition) is 7. The summed E-state index contributed by atoms with van der Waals surface area (Å²) in [5, 5.41) is 11.5. The molecule has 0 spiro atoms. The number of aromatic nitrogens is 2. The van der Waals surface area contributed by atoms with E-state index in [2.05, 4.69) is 9.88 Å². The molecule has 0 bridgehead atoms. The van der Waals surface area contributed by atoms with E-state index in [1.54, 1.807) is 13.0 Å². The number of imidazole rings is 1. The molecule has 9 nitrogen and oxygen atoms in total. The Kier molecular flexibility index (Phi) is 4.34. The number of morpholine rings is 1. The molecule has 1 atom stereocenters. The van der Waals surface area contributed by atoms with Crippen molar-refractivity contribution in [2.45, 2.75) is 19.9 Å². The van der Waals surface area contributed by atoms with Gasteiger partial charge in [0, 0.05) is 12.6 Å². The Morgan fingerprint density at radius 2 is 2.38 bits per heavy atom. The van der Waals surface area contributed by atoms with Crippen LogP contribution in [0.2, 0.25) is 0 Å². The summed E-state index contributed by atoms with van der Waals surface area (Å²) in [6.45, 7) is 5.55. The number of rotatable bonds is 4. The number of nitrogens with zero attached hydrogens (tertiary/aromatic N) is 4. The highest BCUT2D eigenvalue weighted by atomic mass is 16.6. The fourth-order valence-corrected chi connectivity index (χ4v) is 2.86. The molecule has 2 aromatic heterocycles. The summed E-state index contributed by atoms with van der Waals surface area (Å²) in [4.78, 5) is 29.2. The van der Waals surface area contributed by atoms with Crippen LogP contribution in [0.1, 0.15) is 24.3 Å². The predicted molar refractivity (Wildman–Crippen MR) is 85.4 cm³/mol. The molecule has 0 saturated carbocycles. The molecule has 3 rings (SSSR count). The maximum atomic E-state index is 12.1. The second-order valence-corrected chi connectivity index (χ2v) is 5.47. The summed E-state index contributed by atoms with van der Waals surface area (Å²) in [6.07, 6.45) is 1.53. The highest BCUT2D eigenvalue weighted by Crippen LogP contribution is 2.30. The van der Waals surface area contributed by atoms with Crippen LogP contribution in [0.15, 0.2) is 18.3 Å². The van der Waals surface area contributed by atoms with Crippen LogP contribution >= 0.6 is 0 Å². The quantitative estimate of drug-likeness (QED) is 0.476. The normalized spacial score (nSPS) is 17.9. The molecule has 1 aliphatic heterocycles. The van der Waals surface area contributed by atoms with Gasteiger partial charge in [0.15, 0.2) is 0 Å². The van der Waals surface area contributed by atoms with Crippen molar-refractivity contribution in [3.63, 3.8) is 0 Å². The van der Waals surface area contributed by atoms with E-state index in [0.717, 1.165) is 5.69 Å². The first-order chi connectivity index (χ1) is 11.5. The average molecular weight is 334 g/mol. The molecule has 24 heavy (non-hydrogen) atoms. The van der Waals surface area contributed by atoms with Crippen molar-refractivity contribution in [1.29, 1.82) is 0 Å². The van der Waals surface area contributed by atoms with Gasteiger partial charge in [0.25, 0.3) is 5.65 Å². The largest absolute Gasteiger partial charge is 0.461 e. The van der Waals surface area contributed by atoms with E-state index in [4.69, 9.17) is 9.47 Å². The van der Waals surface area contributed by atoms with E-state index in [0.29, 0.717) is 25.4 Å². The number of carbonyl (C=O) groups is 1. The van der Waals surface area contributed by atoms with Gasteiger partial charge >= 0.3 is 11.8 Å². The summed E-state index contributed by atoms with van der Waals surface area (Å²) in [5.74, 6) is -1.18. The number of hydrogen-bond donors (Lipinski definition) is 0. The van der Waals surface area contributed by atoms with Crippen LogP contribution in [-0.2, 0) is 9.47 Å².